The summed E-state index contributed by atoms with van der Waals surface area (Å²) in [6.07, 6.45) is 2.81. The molecule has 0 fully saturated rings. The van der Waals surface area contributed by atoms with Gasteiger partial charge in [-0.3, -0.25) is 0 Å². The summed E-state index contributed by atoms with van der Waals surface area (Å²) in [5.74, 6) is -0.134. The maximum atomic E-state index is 11.6. The number of carbonyl (C=O) groups is 1. The molecule has 0 radical (unpaired) electrons. The number of fused-ring (bicyclic) bond motifs is 1. The van der Waals surface area contributed by atoms with Crippen molar-refractivity contribution in [1.82, 2.24) is 9.97 Å². The summed E-state index contributed by atoms with van der Waals surface area (Å²) in [7, 11) is 0. The Morgan fingerprint density at radius 1 is 1.33 bits per heavy atom. The molecular formula is C16H17N3O2. The first-order valence-electron chi connectivity index (χ1n) is 7.06. The summed E-state index contributed by atoms with van der Waals surface area (Å²) in [6.45, 7) is 2.58. The van der Waals surface area contributed by atoms with Gasteiger partial charge in [0.25, 0.3) is 0 Å². The third kappa shape index (κ3) is 2.59. The molecule has 5 nitrogen and oxygen atoms in total. The Kier molecular flexibility index (Phi) is 3.56. The van der Waals surface area contributed by atoms with Gasteiger partial charge in [0.15, 0.2) is 0 Å². The minimum absolute atomic E-state index is 0.497. The smallest absolute Gasteiger partial charge is 0.326 e. The Balaban J connectivity index is 2.01. The third-order valence-corrected chi connectivity index (χ3v) is 3.90. The number of hydrogen-bond acceptors (Lipinski definition) is 4. The second kappa shape index (κ2) is 5.52. The summed E-state index contributed by atoms with van der Waals surface area (Å²) in [4.78, 5) is 21.9. The average molecular weight is 283 g/mol. The third-order valence-electron chi connectivity index (χ3n) is 3.90. The molecule has 1 aliphatic rings. The van der Waals surface area contributed by atoms with Crippen LogP contribution in [0.5, 0.6) is 0 Å². The predicted octanol–water partition coefficient (Wildman–Crippen LogP) is 2.05. The lowest BCUT2D eigenvalue weighted by Gasteiger charge is -2.35. The van der Waals surface area contributed by atoms with Crippen molar-refractivity contribution in [2.45, 2.75) is 32.4 Å². The number of anilines is 1. The second-order valence-corrected chi connectivity index (χ2v) is 5.18. The Labute approximate surface area is 123 Å². The van der Waals surface area contributed by atoms with Gasteiger partial charge in [-0.1, -0.05) is 31.2 Å². The van der Waals surface area contributed by atoms with Crippen LogP contribution in [0.15, 0.2) is 36.7 Å². The van der Waals surface area contributed by atoms with Gasteiger partial charge >= 0.3 is 5.97 Å². The van der Waals surface area contributed by atoms with Crippen LogP contribution in [-0.2, 0) is 24.2 Å². The maximum Gasteiger partial charge on any atom is 0.326 e. The van der Waals surface area contributed by atoms with Crippen LogP contribution in [0.1, 0.15) is 23.7 Å². The summed E-state index contributed by atoms with van der Waals surface area (Å²) in [6, 6.07) is 9.27. The summed E-state index contributed by atoms with van der Waals surface area (Å²) in [5, 5.41) is 9.54. The van der Waals surface area contributed by atoms with Crippen molar-refractivity contribution in [3.8, 4) is 0 Å². The molecule has 2 heterocycles. The molecule has 3 rings (SSSR count). The summed E-state index contributed by atoms with van der Waals surface area (Å²) < 4.78 is 0. The van der Waals surface area contributed by atoms with Crippen LogP contribution in [0.4, 0.5) is 5.82 Å². The lowest BCUT2D eigenvalue weighted by atomic mass is 9.94. The molecule has 21 heavy (non-hydrogen) atoms. The van der Waals surface area contributed by atoms with Crippen LogP contribution < -0.4 is 4.90 Å². The van der Waals surface area contributed by atoms with Crippen LogP contribution in [0, 0.1) is 0 Å². The molecule has 1 aliphatic heterocycles. The van der Waals surface area contributed by atoms with Gasteiger partial charge in [-0.05, 0) is 17.5 Å². The molecule has 0 saturated heterocycles. The maximum absolute atomic E-state index is 11.6. The van der Waals surface area contributed by atoms with Crippen molar-refractivity contribution in [2.75, 3.05) is 4.90 Å². The fourth-order valence-corrected chi connectivity index (χ4v) is 2.72. The Morgan fingerprint density at radius 3 is 2.81 bits per heavy atom. The monoisotopic (exact) mass is 283 g/mol. The highest BCUT2D eigenvalue weighted by molar-refractivity contribution is 5.79. The molecule has 2 aromatic rings. The van der Waals surface area contributed by atoms with Crippen molar-refractivity contribution < 1.29 is 9.90 Å². The molecule has 0 amide bonds. The number of aromatic nitrogens is 2. The molecule has 0 bridgehead atoms. The molecule has 5 heteroatoms. The molecule has 1 aromatic heterocycles. The fraction of sp³-hybridized carbons (Fsp3) is 0.312. The van der Waals surface area contributed by atoms with E-state index in [1.807, 2.05) is 42.2 Å². The van der Waals surface area contributed by atoms with Gasteiger partial charge in [0.2, 0.25) is 0 Å². The van der Waals surface area contributed by atoms with Crippen LogP contribution in [0.2, 0.25) is 0 Å². The van der Waals surface area contributed by atoms with Crippen LogP contribution in [-0.4, -0.2) is 27.1 Å². The first kappa shape index (κ1) is 13.5. The number of rotatable bonds is 3. The lowest BCUT2D eigenvalue weighted by Crippen LogP contribution is -2.46. The zero-order valence-corrected chi connectivity index (χ0v) is 11.9. The van der Waals surface area contributed by atoms with E-state index in [2.05, 4.69) is 9.97 Å². The topological polar surface area (TPSA) is 66.3 Å². The molecule has 0 aliphatic carbocycles. The van der Waals surface area contributed by atoms with E-state index in [1.54, 1.807) is 0 Å². The second-order valence-electron chi connectivity index (χ2n) is 5.18. The molecule has 108 valence electrons. The molecule has 1 N–H and O–H groups in total. The van der Waals surface area contributed by atoms with E-state index in [0.29, 0.717) is 18.8 Å². The van der Waals surface area contributed by atoms with Crippen LogP contribution in [0.25, 0.3) is 0 Å². The standard InChI is InChI=1S/C16H17N3O2/c1-2-13-8-15(18-10-17-13)19-9-12-6-4-3-5-11(12)7-14(19)16(20)21/h3-6,8,10,14H,2,7,9H2,1H3,(H,20,21). The van der Waals surface area contributed by atoms with Gasteiger partial charge in [0.05, 0.1) is 0 Å². The fourth-order valence-electron chi connectivity index (χ4n) is 2.72. The highest BCUT2D eigenvalue weighted by atomic mass is 16.4. The first-order valence-corrected chi connectivity index (χ1v) is 7.06. The van der Waals surface area contributed by atoms with Crippen molar-refractivity contribution in [3.05, 3.63) is 53.5 Å². The molecule has 1 unspecified atom stereocenters. The number of aryl methyl sites for hydroxylation is 1. The van der Waals surface area contributed by atoms with Gasteiger partial charge in [-0.25, -0.2) is 14.8 Å². The number of aliphatic carboxylic acids is 1. The Bertz CT molecular complexity index is 672. The zero-order valence-electron chi connectivity index (χ0n) is 11.9. The van der Waals surface area contributed by atoms with E-state index in [1.165, 1.54) is 6.33 Å². The Morgan fingerprint density at radius 2 is 2.10 bits per heavy atom. The van der Waals surface area contributed by atoms with Gasteiger partial charge < -0.3 is 10.0 Å². The normalized spacial score (nSPS) is 17.4. The van der Waals surface area contributed by atoms with E-state index >= 15 is 0 Å². The van der Waals surface area contributed by atoms with Crippen molar-refractivity contribution in [2.24, 2.45) is 0 Å². The number of carboxylic acid groups (broad SMARTS) is 1. The summed E-state index contributed by atoms with van der Waals surface area (Å²) >= 11 is 0. The molecular weight excluding hydrogens is 266 g/mol. The van der Waals surface area contributed by atoms with Crippen LogP contribution in [0.3, 0.4) is 0 Å². The van der Waals surface area contributed by atoms with Gasteiger partial charge in [0, 0.05) is 24.7 Å². The minimum atomic E-state index is -0.818. The van der Waals surface area contributed by atoms with E-state index in [9.17, 15) is 9.90 Å². The van der Waals surface area contributed by atoms with E-state index in [4.69, 9.17) is 0 Å². The predicted molar refractivity (Wildman–Crippen MR) is 79.2 cm³/mol. The van der Waals surface area contributed by atoms with Gasteiger partial charge in [0.1, 0.15) is 18.2 Å². The van der Waals surface area contributed by atoms with Gasteiger partial charge in [-0.2, -0.15) is 0 Å². The van der Waals surface area contributed by atoms with Crippen molar-refractivity contribution in [1.29, 1.82) is 0 Å². The highest BCUT2D eigenvalue weighted by Gasteiger charge is 2.32. The number of nitrogens with zero attached hydrogens (tertiary/aromatic N) is 3. The van der Waals surface area contributed by atoms with Crippen molar-refractivity contribution in [3.63, 3.8) is 0 Å². The zero-order chi connectivity index (χ0) is 14.8. The van der Waals surface area contributed by atoms with Crippen molar-refractivity contribution >= 4 is 11.8 Å². The largest absolute Gasteiger partial charge is 0.480 e. The van der Waals surface area contributed by atoms with E-state index in [0.717, 1.165) is 23.2 Å². The Hall–Kier alpha value is -2.43. The summed E-state index contributed by atoms with van der Waals surface area (Å²) in [5.41, 5.74) is 3.18. The van der Waals surface area contributed by atoms with E-state index in [-0.39, 0.29) is 0 Å². The first-order chi connectivity index (χ1) is 10.2. The van der Waals surface area contributed by atoms with E-state index < -0.39 is 12.0 Å². The molecule has 0 spiro atoms. The number of benzene rings is 1. The molecule has 0 saturated carbocycles. The SMILES string of the molecule is CCc1cc(N2Cc3ccccc3CC2C(=O)O)ncn1. The molecule has 1 atom stereocenters. The number of hydrogen-bond donors (Lipinski definition) is 1. The lowest BCUT2D eigenvalue weighted by molar-refractivity contribution is -0.138. The minimum Gasteiger partial charge on any atom is -0.480 e. The molecule has 1 aromatic carbocycles. The van der Waals surface area contributed by atoms with Gasteiger partial charge in [-0.15, -0.1) is 0 Å². The average Bonchev–Trinajstić information content (AvgIpc) is 2.53. The van der Waals surface area contributed by atoms with Crippen LogP contribution >= 0.6 is 0 Å². The quantitative estimate of drug-likeness (QED) is 0.934. The highest BCUT2D eigenvalue weighted by Crippen LogP contribution is 2.27. The number of carboxylic acids is 1.